The quantitative estimate of drug-likeness (QED) is 0.878. The van der Waals surface area contributed by atoms with Gasteiger partial charge in [-0.05, 0) is 25.0 Å². The number of carbonyl (C=O) groups is 1. The highest BCUT2D eigenvalue weighted by atomic mass is 19.4. The van der Waals surface area contributed by atoms with Crippen LogP contribution in [0.3, 0.4) is 0 Å². The maximum absolute atomic E-state index is 12.4. The molecule has 1 aromatic heterocycles. The Kier molecular flexibility index (Phi) is 3.99. The van der Waals surface area contributed by atoms with E-state index in [0.29, 0.717) is 12.8 Å². The van der Waals surface area contributed by atoms with Crippen molar-refractivity contribution >= 4 is 11.6 Å². The number of hydrogen-bond acceptors (Lipinski definition) is 3. The van der Waals surface area contributed by atoms with E-state index in [2.05, 4.69) is 10.3 Å². The molecule has 1 heterocycles. The largest absolute Gasteiger partial charge is 0.433 e. The first-order valence-electron chi connectivity index (χ1n) is 6.45. The molecule has 7 heteroatoms. The average molecular weight is 287 g/mol. The van der Waals surface area contributed by atoms with Gasteiger partial charge < -0.3 is 11.1 Å². The number of pyridine rings is 1. The molecular formula is C13H16F3N3O. The van der Waals surface area contributed by atoms with Crippen LogP contribution in [0.1, 0.15) is 37.8 Å². The van der Waals surface area contributed by atoms with Crippen LogP contribution in [0.25, 0.3) is 0 Å². The molecule has 1 aliphatic carbocycles. The molecule has 4 nitrogen and oxygen atoms in total. The van der Waals surface area contributed by atoms with Crippen LogP contribution in [0.15, 0.2) is 18.3 Å². The van der Waals surface area contributed by atoms with Gasteiger partial charge in [-0.25, -0.2) is 4.98 Å². The van der Waals surface area contributed by atoms with E-state index in [-0.39, 0.29) is 11.6 Å². The molecule has 0 aromatic carbocycles. The number of nitrogens with one attached hydrogen (secondary N) is 1. The molecule has 0 aliphatic heterocycles. The Bertz CT molecular complexity index is 479. The molecule has 0 saturated heterocycles. The smallest absolute Gasteiger partial charge is 0.323 e. The first-order valence-corrected chi connectivity index (χ1v) is 6.45. The Morgan fingerprint density at radius 1 is 1.25 bits per heavy atom. The summed E-state index contributed by atoms with van der Waals surface area (Å²) in [4.78, 5) is 15.4. The molecule has 110 valence electrons. The fourth-order valence-electron chi connectivity index (χ4n) is 2.30. The summed E-state index contributed by atoms with van der Waals surface area (Å²) in [6, 6.07) is 2.01. The summed E-state index contributed by atoms with van der Waals surface area (Å²) >= 11 is 0. The van der Waals surface area contributed by atoms with Crippen molar-refractivity contribution in [2.45, 2.75) is 43.8 Å². The van der Waals surface area contributed by atoms with E-state index in [4.69, 9.17) is 5.73 Å². The molecule has 2 rings (SSSR count). The number of anilines is 1. The molecule has 1 saturated carbocycles. The standard InChI is InChI=1S/C13H16F3N3O/c14-13(15,16)10-5-4-9(8-18-10)19-11(20)12(17)6-2-1-3-7-12/h4-5,8H,1-3,6-7,17H2,(H,19,20). The number of halogens is 3. The van der Waals surface area contributed by atoms with Crippen LogP contribution < -0.4 is 11.1 Å². The predicted octanol–water partition coefficient (Wildman–Crippen LogP) is 2.70. The van der Waals surface area contributed by atoms with E-state index in [0.717, 1.165) is 31.5 Å². The van der Waals surface area contributed by atoms with Gasteiger partial charge in [0.25, 0.3) is 0 Å². The van der Waals surface area contributed by atoms with Gasteiger partial charge in [0, 0.05) is 0 Å². The molecule has 0 atom stereocenters. The number of hydrogen-bond donors (Lipinski definition) is 2. The lowest BCUT2D eigenvalue weighted by Gasteiger charge is -2.31. The summed E-state index contributed by atoms with van der Waals surface area (Å²) < 4.78 is 37.1. The highest BCUT2D eigenvalue weighted by molar-refractivity contribution is 5.97. The molecule has 0 radical (unpaired) electrons. The van der Waals surface area contributed by atoms with E-state index in [1.165, 1.54) is 6.07 Å². The van der Waals surface area contributed by atoms with Crippen LogP contribution in [-0.4, -0.2) is 16.4 Å². The summed E-state index contributed by atoms with van der Waals surface area (Å²) in [5, 5.41) is 2.54. The molecule has 1 fully saturated rings. The third-order valence-corrected chi connectivity index (χ3v) is 3.51. The normalized spacial score (nSPS) is 18.6. The topological polar surface area (TPSA) is 68.0 Å². The zero-order valence-corrected chi connectivity index (χ0v) is 10.8. The molecular weight excluding hydrogens is 271 g/mol. The SMILES string of the molecule is NC1(C(=O)Nc2ccc(C(F)(F)F)nc2)CCCCC1. The summed E-state index contributed by atoms with van der Waals surface area (Å²) in [6.45, 7) is 0. The molecule has 3 N–H and O–H groups in total. The van der Waals surface area contributed by atoms with Crippen molar-refractivity contribution in [3.8, 4) is 0 Å². The van der Waals surface area contributed by atoms with Crippen LogP contribution in [0.4, 0.5) is 18.9 Å². The van der Waals surface area contributed by atoms with E-state index in [1.54, 1.807) is 0 Å². The Hall–Kier alpha value is -1.63. The Morgan fingerprint density at radius 2 is 1.90 bits per heavy atom. The van der Waals surface area contributed by atoms with Gasteiger partial charge in [0.05, 0.1) is 17.4 Å². The van der Waals surface area contributed by atoms with Crippen molar-refractivity contribution in [1.29, 1.82) is 0 Å². The van der Waals surface area contributed by atoms with Crippen LogP contribution in [0, 0.1) is 0 Å². The minimum atomic E-state index is -4.49. The van der Waals surface area contributed by atoms with Gasteiger partial charge in [-0.15, -0.1) is 0 Å². The summed E-state index contributed by atoms with van der Waals surface area (Å²) in [5.74, 6) is -0.362. The lowest BCUT2D eigenvalue weighted by Crippen LogP contribution is -2.52. The van der Waals surface area contributed by atoms with Crippen LogP contribution in [0.2, 0.25) is 0 Å². The highest BCUT2D eigenvalue weighted by Crippen LogP contribution is 2.29. The molecule has 1 aliphatic rings. The first-order chi connectivity index (χ1) is 9.31. The highest BCUT2D eigenvalue weighted by Gasteiger charge is 2.36. The molecule has 1 aromatic rings. The van der Waals surface area contributed by atoms with Gasteiger partial charge in [-0.3, -0.25) is 4.79 Å². The lowest BCUT2D eigenvalue weighted by atomic mass is 9.82. The van der Waals surface area contributed by atoms with Gasteiger partial charge in [-0.2, -0.15) is 13.2 Å². The van der Waals surface area contributed by atoms with Gasteiger partial charge >= 0.3 is 6.18 Å². The molecule has 20 heavy (non-hydrogen) atoms. The minimum Gasteiger partial charge on any atom is -0.323 e. The van der Waals surface area contributed by atoms with Gasteiger partial charge in [0.15, 0.2) is 0 Å². The predicted molar refractivity (Wildman–Crippen MR) is 67.9 cm³/mol. The van der Waals surface area contributed by atoms with Crippen LogP contribution in [-0.2, 0) is 11.0 Å². The molecule has 1 amide bonds. The Labute approximate surface area is 114 Å². The third kappa shape index (κ3) is 3.27. The number of amides is 1. The van der Waals surface area contributed by atoms with Crippen molar-refractivity contribution in [2.24, 2.45) is 5.73 Å². The molecule has 0 unspecified atom stereocenters. The monoisotopic (exact) mass is 287 g/mol. The van der Waals surface area contributed by atoms with E-state index < -0.39 is 17.4 Å². The summed E-state index contributed by atoms with van der Waals surface area (Å²) in [6.07, 6.45) is 0.506. The number of carbonyl (C=O) groups excluding carboxylic acids is 1. The number of rotatable bonds is 2. The number of alkyl halides is 3. The second-order valence-corrected chi connectivity index (χ2v) is 5.10. The van der Waals surface area contributed by atoms with Crippen molar-refractivity contribution in [3.63, 3.8) is 0 Å². The fourth-order valence-corrected chi connectivity index (χ4v) is 2.30. The van der Waals surface area contributed by atoms with Crippen LogP contribution >= 0.6 is 0 Å². The maximum atomic E-state index is 12.4. The zero-order chi connectivity index (χ0) is 14.8. The van der Waals surface area contributed by atoms with E-state index in [1.807, 2.05) is 0 Å². The van der Waals surface area contributed by atoms with Gasteiger partial charge in [0.1, 0.15) is 5.69 Å². The van der Waals surface area contributed by atoms with Crippen molar-refractivity contribution in [2.75, 3.05) is 5.32 Å². The fraction of sp³-hybridized carbons (Fsp3) is 0.538. The summed E-state index contributed by atoms with van der Waals surface area (Å²) in [5.41, 5.74) is 4.34. The number of nitrogens with two attached hydrogens (primary N) is 1. The minimum absolute atomic E-state index is 0.221. The van der Waals surface area contributed by atoms with E-state index in [9.17, 15) is 18.0 Å². The molecule has 0 spiro atoms. The van der Waals surface area contributed by atoms with Crippen molar-refractivity contribution < 1.29 is 18.0 Å². The van der Waals surface area contributed by atoms with Gasteiger partial charge in [-0.1, -0.05) is 19.3 Å². The third-order valence-electron chi connectivity index (χ3n) is 3.51. The van der Waals surface area contributed by atoms with Crippen LogP contribution in [0.5, 0.6) is 0 Å². The maximum Gasteiger partial charge on any atom is 0.433 e. The summed E-state index contributed by atoms with van der Waals surface area (Å²) in [7, 11) is 0. The Morgan fingerprint density at radius 3 is 2.40 bits per heavy atom. The first kappa shape index (κ1) is 14.8. The van der Waals surface area contributed by atoms with Crippen molar-refractivity contribution in [3.05, 3.63) is 24.0 Å². The number of nitrogens with zero attached hydrogens (tertiary/aromatic N) is 1. The average Bonchev–Trinajstić information content (AvgIpc) is 2.39. The zero-order valence-electron chi connectivity index (χ0n) is 10.8. The van der Waals surface area contributed by atoms with Gasteiger partial charge in [0.2, 0.25) is 5.91 Å². The van der Waals surface area contributed by atoms with E-state index >= 15 is 0 Å². The second kappa shape index (κ2) is 5.40. The molecule has 0 bridgehead atoms. The van der Waals surface area contributed by atoms with Crippen molar-refractivity contribution in [1.82, 2.24) is 4.98 Å². The second-order valence-electron chi connectivity index (χ2n) is 5.10. The Balaban J connectivity index is 2.04. The number of aromatic nitrogens is 1. The lowest BCUT2D eigenvalue weighted by molar-refractivity contribution is -0.141.